The summed E-state index contributed by atoms with van der Waals surface area (Å²) in [5.41, 5.74) is 6.50. The van der Waals surface area contributed by atoms with Crippen molar-refractivity contribution >= 4 is 29.5 Å². The van der Waals surface area contributed by atoms with Crippen LogP contribution in [0, 0.1) is 0 Å². The molecule has 9 heteroatoms. The Kier molecular flexibility index (Phi) is 12.2. The van der Waals surface area contributed by atoms with E-state index < -0.39 is 6.04 Å². The molecule has 0 aromatic heterocycles. The number of hydrogen-bond acceptors (Lipinski definition) is 5. The first-order valence-corrected chi connectivity index (χ1v) is 17.3. The second-order valence-electron chi connectivity index (χ2n) is 14.2. The minimum atomic E-state index is -0.551. The van der Waals surface area contributed by atoms with E-state index in [1.54, 1.807) is 9.80 Å². The summed E-state index contributed by atoms with van der Waals surface area (Å²) < 4.78 is 0. The molecular formula is C39H54N4O5. The Labute approximate surface area is 286 Å². The van der Waals surface area contributed by atoms with Crippen LogP contribution in [0.15, 0.2) is 48.7 Å². The normalized spacial score (nSPS) is 20.3. The zero-order chi connectivity index (χ0) is 36.1. The molecule has 260 valence electrons. The van der Waals surface area contributed by atoms with Crippen molar-refractivity contribution in [3.63, 3.8) is 0 Å². The lowest BCUT2D eigenvalue weighted by Crippen LogP contribution is -2.52. The minimum Gasteiger partial charge on any atom is -0.329 e. The molecule has 0 spiro atoms. The van der Waals surface area contributed by atoms with Crippen molar-refractivity contribution in [2.45, 2.75) is 131 Å². The third-order valence-corrected chi connectivity index (χ3v) is 8.89. The summed E-state index contributed by atoms with van der Waals surface area (Å²) in [6, 6.07) is 10.8. The van der Waals surface area contributed by atoms with Gasteiger partial charge in [-0.25, -0.2) is 0 Å². The number of amides is 5. The Morgan fingerprint density at radius 3 is 1.81 bits per heavy atom. The molecule has 2 atom stereocenters. The molecule has 2 aromatic rings. The highest BCUT2D eigenvalue weighted by Crippen LogP contribution is 2.35. The lowest BCUT2D eigenvalue weighted by molar-refractivity contribution is -0.137. The fourth-order valence-corrected chi connectivity index (χ4v) is 6.41. The number of imide groups is 1. The summed E-state index contributed by atoms with van der Waals surface area (Å²) in [5, 5.41) is 5.09. The number of nitrogens with one attached hydrogen (secondary N) is 2. The maximum atomic E-state index is 12.7. The van der Waals surface area contributed by atoms with Gasteiger partial charge in [-0.3, -0.25) is 29.3 Å². The van der Waals surface area contributed by atoms with E-state index in [1.165, 1.54) is 5.56 Å². The van der Waals surface area contributed by atoms with Crippen molar-refractivity contribution in [2.75, 3.05) is 0 Å². The van der Waals surface area contributed by atoms with E-state index in [1.807, 2.05) is 58.0 Å². The van der Waals surface area contributed by atoms with Crippen molar-refractivity contribution in [1.29, 1.82) is 0 Å². The number of nitrogens with zero attached hydrogens (tertiary/aromatic N) is 2. The van der Waals surface area contributed by atoms with Gasteiger partial charge in [-0.05, 0) is 64.5 Å². The number of piperidine rings is 2. The number of carbonyl (C=O) groups is 5. The van der Waals surface area contributed by atoms with Crippen LogP contribution < -0.4 is 10.6 Å². The van der Waals surface area contributed by atoms with Gasteiger partial charge in [0.1, 0.15) is 12.1 Å². The number of fused-ring (bicyclic) bond motifs is 2. The Morgan fingerprint density at radius 2 is 1.25 bits per heavy atom. The zero-order valence-corrected chi connectivity index (χ0v) is 30.5. The maximum Gasteiger partial charge on any atom is 0.255 e. The van der Waals surface area contributed by atoms with Gasteiger partial charge in [0.15, 0.2) is 0 Å². The van der Waals surface area contributed by atoms with E-state index >= 15 is 0 Å². The Hall–Kier alpha value is -4.27. The van der Waals surface area contributed by atoms with Crippen LogP contribution in [0.4, 0.5) is 0 Å². The lowest BCUT2D eigenvalue weighted by Gasteiger charge is -2.30. The predicted molar refractivity (Wildman–Crippen MR) is 189 cm³/mol. The lowest BCUT2D eigenvalue weighted by atomic mass is 9.83. The molecule has 0 bridgehead atoms. The number of carbonyl (C=O) groups excluding carboxylic acids is 5. The SMILES string of the molecule is C=C1CCC(N2Cc3cc(C(C)(C)C)ccc3C2=O)C(=O)N1.CC.CC.CC(C)(C)c1cccc2c1CN(C1CCC(=O)NC1=O)C2=O. The van der Waals surface area contributed by atoms with Gasteiger partial charge < -0.3 is 15.1 Å². The standard InChI is InChI=1S/C18H22N2O2.C17H20N2O3.2C2H6/c1-11-5-8-15(16(21)19-11)20-10-12-9-13(18(2,3)4)6-7-14(12)17(20)22;1-17(2,3)12-6-4-5-10-11(12)9-19(16(10)22)13-7-8-14(20)18-15(13)21;2*1-2/h6-7,9,15H,1,5,8,10H2,2-4H3,(H,19,21);4-6,13H,7-9H2,1-3H3,(H,18,20,21);2*1-2H3. The van der Waals surface area contributed by atoms with Gasteiger partial charge in [0, 0.05) is 36.3 Å². The molecule has 0 radical (unpaired) electrons. The summed E-state index contributed by atoms with van der Waals surface area (Å²) >= 11 is 0. The van der Waals surface area contributed by atoms with Gasteiger partial charge in [-0.2, -0.15) is 0 Å². The van der Waals surface area contributed by atoms with E-state index in [4.69, 9.17) is 0 Å². The maximum absolute atomic E-state index is 12.7. The highest BCUT2D eigenvalue weighted by molar-refractivity contribution is 6.05. The van der Waals surface area contributed by atoms with E-state index in [2.05, 4.69) is 64.8 Å². The smallest absolute Gasteiger partial charge is 0.255 e. The van der Waals surface area contributed by atoms with Crippen molar-refractivity contribution in [1.82, 2.24) is 20.4 Å². The quantitative estimate of drug-likeness (QED) is 0.356. The number of hydrogen-bond donors (Lipinski definition) is 2. The Balaban J connectivity index is 0.000000236. The molecule has 2 saturated heterocycles. The van der Waals surface area contributed by atoms with Crippen LogP contribution in [0.2, 0.25) is 0 Å². The second kappa shape index (κ2) is 15.3. The van der Waals surface area contributed by atoms with Crippen molar-refractivity contribution in [3.05, 3.63) is 82.1 Å². The van der Waals surface area contributed by atoms with Crippen molar-refractivity contribution in [3.8, 4) is 0 Å². The highest BCUT2D eigenvalue weighted by Gasteiger charge is 2.41. The van der Waals surface area contributed by atoms with E-state index in [9.17, 15) is 24.0 Å². The number of benzene rings is 2. The average molecular weight is 659 g/mol. The first kappa shape index (κ1) is 38.2. The molecule has 0 aliphatic carbocycles. The van der Waals surface area contributed by atoms with Crippen molar-refractivity contribution in [2.24, 2.45) is 0 Å². The van der Waals surface area contributed by atoms with Gasteiger partial charge >= 0.3 is 0 Å². The van der Waals surface area contributed by atoms with Crippen LogP contribution >= 0.6 is 0 Å². The van der Waals surface area contributed by atoms with Crippen LogP contribution in [0.25, 0.3) is 0 Å². The second-order valence-corrected chi connectivity index (χ2v) is 14.2. The number of rotatable bonds is 2. The van der Waals surface area contributed by atoms with Crippen LogP contribution in [0.5, 0.6) is 0 Å². The molecule has 2 fully saturated rings. The van der Waals surface area contributed by atoms with Gasteiger partial charge in [0.25, 0.3) is 11.8 Å². The van der Waals surface area contributed by atoms with E-state index in [0.717, 1.165) is 34.4 Å². The minimum absolute atomic E-state index is 0.0388. The zero-order valence-electron chi connectivity index (χ0n) is 30.5. The molecular weight excluding hydrogens is 604 g/mol. The summed E-state index contributed by atoms with van der Waals surface area (Å²) in [4.78, 5) is 64.0. The molecule has 48 heavy (non-hydrogen) atoms. The van der Waals surface area contributed by atoms with Crippen LogP contribution in [-0.2, 0) is 38.3 Å². The molecule has 4 heterocycles. The summed E-state index contributed by atoms with van der Waals surface area (Å²) in [7, 11) is 0. The molecule has 2 unspecified atom stereocenters. The topological polar surface area (TPSA) is 116 Å². The fourth-order valence-electron chi connectivity index (χ4n) is 6.41. The Morgan fingerprint density at radius 1 is 0.688 bits per heavy atom. The third-order valence-electron chi connectivity index (χ3n) is 8.89. The molecule has 4 aliphatic heterocycles. The van der Waals surface area contributed by atoms with Gasteiger partial charge in [-0.1, -0.05) is 100 Å². The third kappa shape index (κ3) is 8.05. The molecule has 2 N–H and O–H groups in total. The number of allylic oxidation sites excluding steroid dienone is 1. The van der Waals surface area contributed by atoms with Crippen LogP contribution in [0.3, 0.4) is 0 Å². The molecule has 9 nitrogen and oxygen atoms in total. The molecule has 0 saturated carbocycles. The Bertz CT molecular complexity index is 1580. The van der Waals surface area contributed by atoms with E-state index in [-0.39, 0.29) is 52.8 Å². The summed E-state index contributed by atoms with van der Waals surface area (Å²) in [5.74, 6) is -0.900. The molecule has 5 amide bonds. The fraction of sp³-hybridized carbons (Fsp3) is 0.513. The first-order chi connectivity index (χ1) is 22.6. The highest BCUT2D eigenvalue weighted by atomic mass is 16.2. The van der Waals surface area contributed by atoms with Gasteiger partial charge in [-0.15, -0.1) is 0 Å². The van der Waals surface area contributed by atoms with Crippen LogP contribution in [0.1, 0.15) is 138 Å². The predicted octanol–water partition coefficient (Wildman–Crippen LogP) is 6.53. The first-order valence-electron chi connectivity index (χ1n) is 17.3. The average Bonchev–Trinajstić information content (AvgIpc) is 3.54. The summed E-state index contributed by atoms with van der Waals surface area (Å²) in [6.45, 7) is 25.5. The van der Waals surface area contributed by atoms with Crippen LogP contribution in [-0.4, -0.2) is 51.4 Å². The van der Waals surface area contributed by atoms with Gasteiger partial charge in [0.2, 0.25) is 17.7 Å². The molecule has 4 aliphatic rings. The van der Waals surface area contributed by atoms with Gasteiger partial charge in [0.05, 0.1) is 0 Å². The monoisotopic (exact) mass is 658 g/mol. The van der Waals surface area contributed by atoms with E-state index in [0.29, 0.717) is 31.5 Å². The summed E-state index contributed by atoms with van der Waals surface area (Å²) in [6.07, 6.45) is 2.05. The molecule has 2 aromatic carbocycles. The van der Waals surface area contributed by atoms with Crippen molar-refractivity contribution < 1.29 is 24.0 Å². The largest absolute Gasteiger partial charge is 0.329 e. The molecule has 6 rings (SSSR count).